The average molecular weight is 302 g/mol. The van der Waals surface area contributed by atoms with Gasteiger partial charge in [-0.05, 0) is 6.07 Å². The summed E-state index contributed by atoms with van der Waals surface area (Å²) in [5.74, 6) is -0.659. The highest BCUT2D eigenvalue weighted by Gasteiger charge is 2.27. The number of hydrogen-bond donors (Lipinski definition) is 2. The Morgan fingerprint density at radius 3 is 3.00 bits per heavy atom. The highest BCUT2D eigenvalue weighted by atomic mass is 35.5. The van der Waals surface area contributed by atoms with Crippen molar-refractivity contribution < 1.29 is 24.5 Å². The maximum absolute atomic E-state index is 10.9. The number of carboxylic acid groups (broad SMARTS) is 1. The molecular formula is C13H16ClNO5. The fraction of sp³-hybridized carbons (Fsp3) is 0.462. The molecule has 0 spiro atoms. The number of ether oxygens (including phenoxy) is 2. The second-order valence-electron chi connectivity index (χ2n) is 4.55. The minimum atomic E-state index is -0.984. The van der Waals surface area contributed by atoms with Crippen LogP contribution in [-0.2, 0) is 16.1 Å². The van der Waals surface area contributed by atoms with Gasteiger partial charge in [0.15, 0.2) is 17.6 Å². The summed E-state index contributed by atoms with van der Waals surface area (Å²) in [4.78, 5) is 12.8. The van der Waals surface area contributed by atoms with Gasteiger partial charge in [-0.1, -0.05) is 11.6 Å². The average Bonchev–Trinajstić information content (AvgIpc) is 2.42. The van der Waals surface area contributed by atoms with E-state index in [1.807, 2.05) is 4.90 Å². The fourth-order valence-corrected chi connectivity index (χ4v) is 2.37. The van der Waals surface area contributed by atoms with E-state index in [1.54, 1.807) is 6.07 Å². The third-order valence-electron chi connectivity index (χ3n) is 3.16. The van der Waals surface area contributed by atoms with Crippen molar-refractivity contribution in [1.82, 2.24) is 4.90 Å². The van der Waals surface area contributed by atoms with Crippen LogP contribution in [0.4, 0.5) is 0 Å². The minimum absolute atomic E-state index is 0.0234. The second-order valence-corrected chi connectivity index (χ2v) is 4.99. The van der Waals surface area contributed by atoms with Crippen LogP contribution in [0.25, 0.3) is 0 Å². The first-order chi connectivity index (χ1) is 9.51. The van der Waals surface area contributed by atoms with Crippen molar-refractivity contribution in [2.45, 2.75) is 12.6 Å². The van der Waals surface area contributed by atoms with Crippen molar-refractivity contribution in [2.24, 2.45) is 0 Å². The molecular weight excluding hydrogens is 286 g/mol. The molecule has 0 radical (unpaired) electrons. The van der Waals surface area contributed by atoms with E-state index in [0.29, 0.717) is 36.0 Å². The van der Waals surface area contributed by atoms with Gasteiger partial charge < -0.3 is 19.7 Å². The summed E-state index contributed by atoms with van der Waals surface area (Å²) >= 11 is 5.97. The third kappa shape index (κ3) is 3.33. The number of aliphatic carboxylic acids is 1. The van der Waals surface area contributed by atoms with Crippen LogP contribution in [0.3, 0.4) is 0 Å². The van der Waals surface area contributed by atoms with Gasteiger partial charge in [0, 0.05) is 36.3 Å². The summed E-state index contributed by atoms with van der Waals surface area (Å²) in [5, 5.41) is 19.5. The van der Waals surface area contributed by atoms with Crippen molar-refractivity contribution in [3.8, 4) is 11.5 Å². The molecule has 1 aromatic rings. The van der Waals surface area contributed by atoms with Crippen molar-refractivity contribution in [3.63, 3.8) is 0 Å². The molecule has 1 aliphatic rings. The largest absolute Gasteiger partial charge is 0.504 e. The van der Waals surface area contributed by atoms with Crippen LogP contribution in [0.2, 0.25) is 5.02 Å². The molecule has 1 fully saturated rings. The molecule has 20 heavy (non-hydrogen) atoms. The van der Waals surface area contributed by atoms with E-state index in [4.69, 9.17) is 26.2 Å². The lowest BCUT2D eigenvalue weighted by molar-refractivity contribution is -0.156. The van der Waals surface area contributed by atoms with E-state index in [-0.39, 0.29) is 12.3 Å². The molecule has 0 bridgehead atoms. The van der Waals surface area contributed by atoms with E-state index in [2.05, 4.69) is 0 Å². The van der Waals surface area contributed by atoms with Gasteiger partial charge in [-0.3, -0.25) is 4.90 Å². The molecule has 0 amide bonds. The number of phenols is 1. The van der Waals surface area contributed by atoms with Gasteiger partial charge in [0.2, 0.25) is 0 Å². The SMILES string of the molecule is COc1cc(Cl)cc(CN2CCOC(C(=O)O)C2)c1O. The lowest BCUT2D eigenvalue weighted by atomic mass is 10.1. The van der Waals surface area contributed by atoms with Crippen LogP contribution in [0.5, 0.6) is 11.5 Å². The Bertz CT molecular complexity index is 508. The quantitative estimate of drug-likeness (QED) is 0.874. The summed E-state index contributed by atoms with van der Waals surface area (Å²) in [6.07, 6.45) is -0.841. The number of phenolic OH excluding ortho intramolecular Hbond substituents is 1. The van der Waals surface area contributed by atoms with Crippen molar-refractivity contribution in [3.05, 3.63) is 22.7 Å². The smallest absolute Gasteiger partial charge is 0.334 e. The van der Waals surface area contributed by atoms with E-state index < -0.39 is 12.1 Å². The van der Waals surface area contributed by atoms with Crippen LogP contribution in [0, 0.1) is 0 Å². The molecule has 2 rings (SSSR count). The number of benzene rings is 1. The van der Waals surface area contributed by atoms with Gasteiger partial charge in [0.25, 0.3) is 0 Å². The van der Waals surface area contributed by atoms with Gasteiger partial charge in [-0.15, -0.1) is 0 Å². The molecule has 7 heteroatoms. The number of carbonyl (C=O) groups is 1. The zero-order chi connectivity index (χ0) is 14.7. The van der Waals surface area contributed by atoms with Crippen molar-refractivity contribution in [2.75, 3.05) is 26.8 Å². The summed E-state index contributed by atoms with van der Waals surface area (Å²) in [5.41, 5.74) is 0.598. The lowest BCUT2D eigenvalue weighted by Gasteiger charge is -2.31. The molecule has 1 atom stereocenters. The minimum Gasteiger partial charge on any atom is -0.504 e. The normalized spacial score (nSPS) is 19.8. The molecule has 1 aromatic carbocycles. The summed E-state index contributed by atoms with van der Waals surface area (Å²) in [6, 6.07) is 3.17. The first kappa shape index (κ1) is 14.9. The summed E-state index contributed by atoms with van der Waals surface area (Å²) in [6.45, 7) is 1.59. The van der Waals surface area contributed by atoms with Crippen molar-refractivity contribution in [1.29, 1.82) is 0 Å². The number of rotatable bonds is 4. The van der Waals surface area contributed by atoms with Gasteiger partial charge in [0.05, 0.1) is 13.7 Å². The molecule has 1 unspecified atom stereocenters. The van der Waals surface area contributed by atoms with Gasteiger partial charge >= 0.3 is 5.97 Å². The predicted octanol–water partition coefficient (Wildman–Crippen LogP) is 1.34. The second kappa shape index (κ2) is 6.30. The lowest BCUT2D eigenvalue weighted by Crippen LogP contribution is -2.45. The highest BCUT2D eigenvalue weighted by molar-refractivity contribution is 6.30. The Kier molecular flexibility index (Phi) is 4.69. The molecule has 6 nitrogen and oxygen atoms in total. The van der Waals surface area contributed by atoms with Crippen LogP contribution < -0.4 is 4.74 Å². The number of halogens is 1. The monoisotopic (exact) mass is 301 g/mol. The highest BCUT2D eigenvalue weighted by Crippen LogP contribution is 2.34. The number of morpholine rings is 1. The number of hydrogen-bond acceptors (Lipinski definition) is 5. The third-order valence-corrected chi connectivity index (χ3v) is 3.38. The zero-order valence-electron chi connectivity index (χ0n) is 11.0. The van der Waals surface area contributed by atoms with Crippen LogP contribution in [0.1, 0.15) is 5.56 Å². The van der Waals surface area contributed by atoms with Gasteiger partial charge in [-0.25, -0.2) is 4.79 Å². The van der Waals surface area contributed by atoms with E-state index >= 15 is 0 Å². The van der Waals surface area contributed by atoms with Crippen LogP contribution in [-0.4, -0.2) is 54.0 Å². The molecule has 2 N–H and O–H groups in total. The Balaban J connectivity index is 2.13. The molecule has 0 aromatic heterocycles. The molecule has 0 saturated carbocycles. The number of carboxylic acids is 1. The fourth-order valence-electron chi connectivity index (χ4n) is 2.14. The summed E-state index contributed by atoms with van der Waals surface area (Å²) in [7, 11) is 1.45. The van der Waals surface area contributed by atoms with Gasteiger partial charge in [-0.2, -0.15) is 0 Å². The first-order valence-corrected chi connectivity index (χ1v) is 6.51. The zero-order valence-corrected chi connectivity index (χ0v) is 11.8. The standard InChI is InChI=1S/C13H16ClNO5/c1-19-10-5-9(14)4-8(12(10)16)6-15-2-3-20-11(7-15)13(17)18/h4-5,11,16H,2-3,6-7H2,1H3,(H,17,18). The maximum Gasteiger partial charge on any atom is 0.334 e. The number of nitrogens with zero attached hydrogens (tertiary/aromatic N) is 1. The molecule has 0 aliphatic carbocycles. The topological polar surface area (TPSA) is 79.2 Å². The number of aromatic hydroxyl groups is 1. The molecule has 1 aliphatic heterocycles. The summed E-state index contributed by atoms with van der Waals surface area (Å²) < 4.78 is 10.2. The maximum atomic E-state index is 10.9. The Hall–Kier alpha value is -1.50. The predicted molar refractivity (Wildman–Crippen MR) is 72.3 cm³/mol. The Morgan fingerprint density at radius 2 is 2.35 bits per heavy atom. The van der Waals surface area contributed by atoms with Gasteiger partial charge in [0.1, 0.15) is 0 Å². The first-order valence-electron chi connectivity index (χ1n) is 6.13. The van der Waals surface area contributed by atoms with Crippen LogP contribution in [0.15, 0.2) is 12.1 Å². The van der Waals surface area contributed by atoms with E-state index in [1.165, 1.54) is 13.2 Å². The molecule has 110 valence electrons. The molecule has 1 heterocycles. The van der Waals surface area contributed by atoms with E-state index in [0.717, 1.165) is 0 Å². The molecule has 1 saturated heterocycles. The Labute approximate surface area is 121 Å². The van der Waals surface area contributed by atoms with Crippen molar-refractivity contribution >= 4 is 17.6 Å². The number of methoxy groups -OCH3 is 1. The van der Waals surface area contributed by atoms with Crippen LogP contribution >= 0.6 is 11.6 Å². The Morgan fingerprint density at radius 1 is 1.60 bits per heavy atom. The van der Waals surface area contributed by atoms with E-state index in [9.17, 15) is 9.90 Å².